The molecule has 23 heavy (non-hydrogen) atoms. The van der Waals surface area contributed by atoms with Gasteiger partial charge in [-0.25, -0.2) is 4.98 Å². The van der Waals surface area contributed by atoms with Crippen LogP contribution in [0.25, 0.3) is 5.65 Å². The first kappa shape index (κ1) is 13.5. The van der Waals surface area contributed by atoms with Gasteiger partial charge in [-0.05, 0) is 25.0 Å². The Balaban J connectivity index is 1.36. The molecule has 0 amide bonds. The number of nitrogens with zero attached hydrogens (tertiary/aromatic N) is 6. The Labute approximate surface area is 138 Å². The maximum Gasteiger partial charge on any atom is 0.147 e. The van der Waals surface area contributed by atoms with Gasteiger partial charge in [-0.3, -0.25) is 4.90 Å². The van der Waals surface area contributed by atoms with Gasteiger partial charge < -0.3 is 8.97 Å². The minimum Gasteiger partial charge on any atom is -0.312 e. The second-order valence-electron chi connectivity index (χ2n) is 6.46. The van der Waals surface area contributed by atoms with E-state index in [0.29, 0.717) is 5.92 Å². The van der Waals surface area contributed by atoms with Crippen molar-refractivity contribution in [3.05, 3.63) is 46.9 Å². The molecule has 3 aromatic rings. The highest BCUT2D eigenvalue weighted by atomic mass is 35.5. The zero-order chi connectivity index (χ0) is 15.4. The third kappa shape index (κ3) is 2.42. The molecule has 0 radical (unpaired) electrons. The number of pyridine rings is 1. The Bertz CT molecular complexity index is 878. The first-order valence-electron chi connectivity index (χ1n) is 8.04. The number of imidazole rings is 1. The summed E-state index contributed by atoms with van der Waals surface area (Å²) in [5.74, 6) is 2.94. The lowest BCUT2D eigenvalue weighted by molar-refractivity contribution is 0.205. The average Bonchev–Trinajstić information content (AvgIpc) is 3.17. The first-order valence-corrected chi connectivity index (χ1v) is 8.41. The molecule has 0 atom stereocenters. The van der Waals surface area contributed by atoms with Crippen molar-refractivity contribution in [3.8, 4) is 0 Å². The summed E-state index contributed by atoms with van der Waals surface area (Å²) in [5, 5.41) is 9.51. The molecule has 0 unspecified atom stereocenters. The lowest BCUT2D eigenvalue weighted by Gasteiger charge is -2.26. The van der Waals surface area contributed by atoms with E-state index in [1.54, 1.807) is 0 Å². The van der Waals surface area contributed by atoms with Crippen molar-refractivity contribution in [1.82, 2.24) is 29.0 Å². The molecule has 1 aliphatic carbocycles. The number of hydrogen-bond donors (Lipinski definition) is 0. The largest absolute Gasteiger partial charge is 0.312 e. The fraction of sp³-hybridized carbons (Fsp3) is 0.438. The second-order valence-corrected chi connectivity index (χ2v) is 6.89. The highest BCUT2D eigenvalue weighted by Crippen LogP contribution is 2.39. The van der Waals surface area contributed by atoms with E-state index in [4.69, 9.17) is 11.6 Å². The third-order valence-electron chi connectivity index (χ3n) is 4.65. The molecule has 0 spiro atoms. The average molecular weight is 329 g/mol. The molecule has 0 aromatic carbocycles. The number of halogens is 1. The van der Waals surface area contributed by atoms with Crippen molar-refractivity contribution in [3.63, 3.8) is 0 Å². The fourth-order valence-corrected chi connectivity index (χ4v) is 3.50. The van der Waals surface area contributed by atoms with E-state index in [2.05, 4.69) is 30.8 Å². The molecule has 3 aromatic heterocycles. The second kappa shape index (κ2) is 5.04. The summed E-state index contributed by atoms with van der Waals surface area (Å²) < 4.78 is 4.30. The lowest BCUT2D eigenvalue weighted by atomic mass is 10.3. The minimum absolute atomic E-state index is 0.658. The van der Waals surface area contributed by atoms with Gasteiger partial charge in [-0.15, -0.1) is 10.2 Å². The molecule has 6 nitrogen and oxygen atoms in total. The van der Waals surface area contributed by atoms with E-state index < -0.39 is 0 Å². The standard InChI is InChI=1S/C16H17ClN6/c17-12-3-4-14-18-13(9-22(14)7-12)8-21-5-6-23-15(10-21)19-20-16(23)11-1-2-11/h3-4,7,9,11H,1-2,5-6,8,10H2. The van der Waals surface area contributed by atoms with Gasteiger partial charge in [0.1, 0.15) is 17.3 Å². The molecule has 1 aliphatic heterocycles. The summed E-state index contributed by atoms with van der Waals surface area (Å²) in [6, 6.07) is 3.82. The van der Waals surface area contributed by atoms with Crippen LogP contribution in [0.3, 0.4) is 0 Å². The van der Waals surface area contributed by atoms with Crippen molar-refractivity contribution in [2.24, 2.45) is 0 Å². The zero-order valence-electron chi connectivity index (χ0n) is 12.7. The predicted octanol–water partition coefficient (Wildman–Crippen LogP) is 2.47. The summed E-state index contributed by atoms with van der Waals surface area (Å²) in [6.45, 7) is 3.66. The lowest BCUT2D eigenvalue weighted by Crippen LogP contribution is -2.34. The maximum absolute atomic E-state index is 6.03. The van der Waals surface area contributed by atoms with Crippen LogP contribution in [0.2, 0.25) is 5.02 Å². The van der Waals surface area contributed by atoms with Crippen molar-refractivity contribution in [2.75, 3.05) is 6.54 Å². The molecular formula is C16H17ClN6. The monoisotopic (exact) mass is 328 g/mol. The van der Waals surface area contributed by atoms with Crippen molar-refractivity contribution < 1.29 is 0 Å². The van der Waals surface area contributed by atoms with Crippen LogP contribution in [0.15, 0.2) is 24.5 Å². The number of fused-ring (bicyclic) bond motifs is 2. The van der Waals surface area contributed by atoms with Crippen LogP contribution in [-0.4, -0.2) is 35.6 Å². The molecule has 7 heteroatoms. The van der Waals surface area contributed by atoms with Gasteiger partial charge in [0.05, 0.1) is 17.3 Å². The minimum atomic E-state index is 0.658. The molecule has 0 N–H and O–H groups in total. The van der Waals surface area contributed by atoms with Gasteiger partial charge in [0, 0.05) is 37.9 Å². The Kier molecular flexibility index (Phi) is 2.96. The molecule has 0 saturated heterocycles. The Morgan fingerprint density at radius 3 is 2.91 bits per heavy atom. The van der Waals surface area contributed by atoms with Crippen molar-refractivity contribution >= 4 is 17.2 Å². The third-order valence-corrected chi connectivity index (χ3v) is 4.88. The predicted molar refractivity (Wildman–Crippen MR) is 86.3 cm³/mol. The van der Waals surface area contributed by atoms with E-state index in [1.807, 2.05) is 22.7 Å². The first-order chi connectivity index (χ1) is 11.3. The highest BCUT2D eigenvalue weighted by molar-refractivity contribution is 6.30. The smallest absolute Gasteiger partial charge is 0.147 e. The summed E-state index contributed by atoms with van der Waals surface area (Å²) >= 11 is 6.03. The van der Waals surface area contributed by atoms with Gasteiger partial charge in [0.25, 0.3) is 0 Å². The molecule has 2 aliphatic rings. The van der Waals surface area contributed by atoms with Crippen LogP contribution in [0, 0.1) is 0 Å². The van der Waals surface area contributed by atoms with Crippen LogP contribution in [-0.2, 0) is 19.6 Å². The normalized spacial score (nSPS) is 18.5. The Hall–Kier alpha value is -1.92. The molecule has 1 saturated carbocycles. The molecule has 4 heterocycles. The number of rotatable bonds is 3. The van der Waals surface area contributed by atoms with Crippen molar-refractivity contribution in [2.45, 2.75) is 38.4 Å². The van der Waals surface area contributed by atoms with E-state index in [9.17, 15) is 0 Å². The van der Waals surface area contributed by atoms with E-state index in [-0.39, 0.29) is 0 Å². The number of aromatic nitrogens is 5. The summed E-state index contributed by atoms with van der Waals surface area (Å²) in [4.78, 5) is 7.05. The van der Waals surface area contributed by atoms with Crippen LogP contribution >= 0.6 is 11.6 Å². The highest BCUT2D eigenvalue weighted by Gasteiger charge is 2.32. The summed E-state index contributed by atoms with van der Waals surface area (Å²) in [5.41, 5.74) is 1.99. The van der Waals surface area contributed by atoms with E-state index in [1.165, 1.54) is 18.7 Å². The summed E-state index contributed by atoms with van der Waals surface area (Å²) in [6.07, 6.45) is 6.48. The zero-order valence-corrected chi connectivity index (χ0v) is 13.4. The molecule has 1 fully saturated rings. The van der Waals surface area contributed by atoms with Crippen LogP contribution in [0.1, 0.15) is 36.1 Å². The quantitative estimate of drug-likeness (QED) is 0.741. The fourth-order valence-electron chi connectivity index (χ4n) is 3.33. The number of hydrogen-bond acceptors (Lipinski definition) is 4. The van der Waals surface area contributed by atoms with Gasteiger partial charge >= 0.3 is 0 Å². The van der Waals surface area contributed by atoms with Crippen molar-refractivity contribution in [1.29, 1.82) is 0 Å². The van der Waals surface area contributed by atoms with Crippen LogP contribution in [0.4, 0.5) is 0 Å². The Morgan fingerprint density at radius 1 is 1.13 bits per heavy atom. The Morgan fingerprint density at radius 2 is 2.04 bits per heavy atom. The molecule has 0 bridgehead atoms. The maximum atomic E-state index is 6.03. The van der Waals surface area contributed by atoms with Gasteiger partial charge in [-0.1, -0.05) is 11.6 Å². The molecule has 5 rings (SSSR count). The topological polar surface area (TPSA) is 51.2 Å². The van der Waals surface area contributed by atoms with Crippen LogP contribution in [0.5, 0.6) is 0 Å². The van der Waals surface area contributed by atoms with Gasteiger partial charge in [0.2, 0.25) is 0 Å². The molecular weight excluding hydrogens is 312 g/mol. The van der Waals surface area contributed by atoms with E-state index in [0.717, 1.165) is 48.4 Å². The SMILES string of the molecule is Clc1ccc2nc(CN3CCn4c(nnc4C4CC4)C3)cn2c1. The summed E-state index contributed by atoms with van der Waals surface area (Å²) in [7, 11) is 0. The van der Waals surface area contributed by atoms with Gasteiger partial charge in [0.15, 0.2) is 0 Å². The van der Waals surface area contributed by atoms with Crippen LogP contribution < -0.4 is 0 Å². The van der Waals surface area contributed by atoms with E-state index >= 15 is 0 Å². The van der Waals surface area contributed by atoms with Gasteiger partial charge in [-0.2, -0.15) is 0 Å². The molecule has 118 valence electrons.